The number of nitrogens with zero attached hydrogens (tertiary/aromatic N) is 4. The molecule has 1 aromatic heterocycles. The zero-order chi connectivity index (χ0) is 20.8. The fourth-order valence-corrected chi connectivity index (χ4v) is 3.36. The third kappa shape index (κ3) is 4.70. The molecule has 2 aromatic carbocycles. The van der Waals surface area contributed by atoms with Crippen molar-refractivity contribution in [2.24, 2.45) is 4.99 Å². The lowest BCUT2D eigenvalue weighted by Gasteiger charge is -2.16. The zero-order valence-corrected chi connectivity index (χ0v) is 17.3. The Labute approximate surface area is 175 Å². The normalized spacial score (nSPS) is 11.4. The first kappa shape index (κ1) is 20.7. The Kier molecular flexibility index (Phi) is 6.74. The van der Waals surface area contributed by atoms with Crippen LogP contribution in [0.15, 0.2) is 70.5 Å². The van der Waals surface area contributed by atoms with Gasteiger partial charge in [0, 0.05) is 12.8 Å². The molecule has 1 heterocycles. The molecule has 6 nitrogen and oxygen atoms in total. The van der Waals surface area contributed by atoms with Gasteiger partial charge in [-0.05, 0) is 63.5 Å². The van der Waals surface area contributed by atoms with E-state index in [4.69, 9.17) is 12.2 Å². The molecule has 0 atom stereocenters. The zero-order valence-electron chi connectivity index (χ0n) is 16.5. The van der Waals surface area contributed by atoms with Crippen molar-refractivity contribution in [2.45, 2.75) is 6.42 Å². The van der Waals surface area contributed by atoms with Gasteiger partial charge in [0.1, 0.15) is 5.56 Å². The Morgan fingerprint density at radius 1 is 1.00 bits per heavy atom. The highest BCUT2D eigenvalue weighted by Crippen LogP contribution is 2.21. The molecule has 3 rings (SSSR count). The van der Waals surface area contributed by atoms with Gasteiger partial charge in [-0.25, -0.2) is 0 Å². The van der Waals surface area contributed by atoms with E-state index in [9.17, 15) is 9.90 Å². The lowest BCUT2D eigenvalue weighted by Crippen LogP contribution is -2.27. The summed E-state index contributed by atoms with van der Waals surface area (Å²) in [5.74, 6) is -0.213. The van der Waals surface area contributed by atoms with Gasteiger partial charge >= 0.3 is 0 Å². The van der Waals surface area contributed by atoms with Gasteiger partial charge in [-0.2, -0.15) is 0 Å². The smallest absolute Gasteiger partial charge is 0.271 e. The molecule has 1 N–H and O–H groups in total. The number of rotatable bonds is 7. The quantitative estimate of drug-likeness (QED) is 0.370. The maximum atomic E-state index is 13.2. The lowest BCUT2D eigenvalue weighted by atomic mass is 10.2. The summed E-state index contributed by atoms with van der Waals surface area (Å²) in [5.41, 5.74) is 1.01. The van der Waals surface area contributed by atoms with E-state index in [0.717, 1.165) is 13.0 Å². The molecular weight excluding hydrogens is 384 g/mol. The van der Waals surface area contributed by atoms with Crippen molar-refractivity contribution in [3.63, 3.8) is 0 Å². The maximum Gasteiger partial charge on any atom is 0.271 e. The molecule has 0 spiro atoms. The first-order valence-corrected chi connectivity index (χ1v) is 9.78. The Hall–Kier alpha value is -3.03. The van der Waals surface area contributed by atoms with Gasteiger partial charge in [0.2, 0.25) is 5.88 Å². The van der Waals surface area contributed by atoms with Crippen LogP contribution in [0.3, 0.4) is 0 Å². The van der Waals surface area contributed by atoms with Crippen molar-refractivity contribution in [2.75, 3.05) is 27.2 Å². The van der Waals surface area contributed by atoms with Gasteiger partial charge < -0.3 is 10.0 Å². The average molecular weight is 409 g/mol. The molecule has 7 heteroatoms. The molecule has 0 amide bonds. The van der Waals surface area contributed by atoms with Gasteiger partial charge in [0.15, 0.2) is 4.77 Å². The SMILES string of the molecule is CN(C)CCCN=Cc1c(O)n(-c2ccccc2)c(=S)n(-c2ccccc2)c1=O. The minimum atomic E-state index is -0.401. The molecule has 0 aliphatic heterocycles. The molecule has 0 radical (unpaired) electrons. The number of benzene rings is 2. The van der Waals surface area contributed by atoms with E-state index >= 15 is 0 Å². The molecule has 150 valence electrons. The van der Waals surface area contributed by atoms with Crippen molar-refractivity contribution in [3.05, 3.63) is 81.4 Å². The molecule has 0 unspecified atom stereocenters. The third-order valence-electron chi connectivity index (χ3n) is 4.41. The van der Waals surface area contributed by atoms with Crippen molar-refractivity contribution < 1.29 is 5.11 Å². The Morgan fingerprint density at radius 3 is 2.10 bits per heavy atom. The number of hydrogen-bond donors (Lipinski definition) is 1. The molecule has 0 aliphatic rings. The van der Waals surface area contributed by atoms with Gasteiger partial charge in [0.25, 0.3) is 5.56 Å². The fourth-order valence-electron chi connectivity index (χ4n) is 2.98. The Balaban J connectivity index is 2.16. The highest BCUT2D eigenvalue weighted by Gasteiger charge is 2.17. The molecule has 3 aromatic rings. The van der Waals surface area contributed by atoms with Crippen LogP contribution in [0.4, 0.5) is 0 Å². The summed E-state index contributed by atoms with van der Waals surface area (Å²) in [6.07, 6.45) is 2.30. The molecule has 29 heavy (non-hydrogen) atoms. The van der Waals surface area contributed by atoms with Crippen LogP contribution in [0.5, 0.6) is 5.88 Å². The molecular formula is C22H24N4O2S. The van der Waals surface area contributed by atoms with E-state index in [0.29, 0.717) is 17.9 Å². The van der Waals surface area contributed by atoms with E-state index in [-0.39, 0.29) is 16.2 Å². The largest absolute Gasteiger partial charge is 0.494 e. The van der Waals surface area contributed by atoms with Crippen molar-refractivity contribution in [3.8, 4) is 17.3 Å². The van der Waals surface area contributed by atoms with E-state index in [2.05, 4.69) is 9.89 Å². The van der Waals surface area contributed by atoms with Gasteiger partial charge in [-0.1, -0.05) is 36.4 Å². The van der Waals surface area contributed by atoms with Gasteiger partial charge in [-0.3, -0.25) is 18.9 Å². The summed E-state index contributed by atoms with van der Waals surface area (Å²) in [6.45, 7) is 1.45. The first-order chi connectivity index (χ1) is 14.0. The molecule has 0 saturated carbocycles. The number of aromatic hydroxyl groups is 1. The second kappa shape index (κ2) is 9.45. The number of aromatic nitrogens is 2. The molecule has 0 aliphatic carbocycles. The van der Waals surface area contributed by atoms with Crippen molar-refractivity contribution in [1.29, 1.82) is 0 Å². The monoisotopic (exact) mass is 408 g/mol. The predicted octanol–water partition coefficient (Wildman–Crippen LogP) is 3.43. The summed E-state index contributed by atoms with van der Waals surface area (Å²) in [7, 11) is 4.00. The molecule has 0 fully saturated rings. The summed E-state index contributed by atoms with van der Waals surface area (Å²) in [5, 5.41) is 10.9. The number of aliphatic imine (C=N–C) groups is 1. The Morgan fingerprint density at radius 2 is 1.55 bits per heavy atom. The topological polar surface area (TPSA) is 62.8 Å². The van der Waals surface area contributed by atoms with E-state index in [1.54, 1.807) is 0 Å². The standard InChI is InChI=1S/C22H24N4O2S/c1-24(2)15-9-14-23-16-19-20(27)25(17-10-5-3-6-11-17)22(29)26(21(19)28)18-12-7-4-8-13-18/h3-8,10-13,16,27H,9,14-15H2,1-2H3. The minimum absolute atomic E-state index is 0.108. The van der Waals surface area contributed by atoms with Crippen LogP contribution >= 0.6 is 12.2 Å². The van der Waals surface area contributed by atoms with Crippen molar-refractivity contribution >= 4 is 18.4 Å². The highest BCUT2D eigenvalue weighted by molar-refractivity contribution is 7.71. The molecule has 0 bridgehead atoms. The van der Waals surface area contributed by atoms with Crippen LogP contribution < -0.4 is 5.56 Å². The minimum Gasteiger partial charge on any atom is -0.494 e. The van der Waals surface area contributed by atoms with Crippen molar-refractivity contribution in [1.82, 2.24) is 14.0 Å². The Bertz CT molecular complexity index is 1100. The fraction of sp³-hybridized carbons (Fsp3) is 0.227. The van der Waals surface area contributed by atoms with Gasteiger partial charge in [0.05, 0.1) is 11.4 Å². The van der Waals surface area contributed by atoms with Gasteiger partial charge in [-0.15, -0.1) is 0 Å². The number of hydrogen-bond acceptors (Lipinski definition) is 5. The number of para-hydroxylation sites is 2. The van der Waals surface area contributed by atoms with E-state index < -0.39 is 5.56 Å². The van der Waals surface area contributed by atoms with E-state index in [1.807, 2.05) is 74.8 Å². The second-order valence-electron chi connectivity index (χ2n) is 6.86. The average Bonchev–Trinajstić information content (AvgIpc) is 2.71. The second-order valence-corrected chi connectivity index (χ2v) is 7.22. The highest BCUT2D eigenvalue weighted by atomic mass is 32.1. The predicted molar refractivity (Wildman–Crippen MR) is 119 cm³/mol. The summed E-state index contributed by atoms with van der Waals surface area (Å²) in [6, 6.07) is 18.4. The van der Waals surface area contributed by atoms with E-state index in [1.165, 1.54) is 15.3 Å². The summed E-state index contributed by atoms with van der Waals surface area (Å²) < 4.78 is 3.10. The van der Waals surface area contributed by atoms with Crippen LogP contribution in [0.1, 0.15) is 12.0 Å². The van der Waals surface area contributed by atoms with Crippen LogP contribution in [0.2, 0.25) is 0 Å². The third-order valence-corrected chi connectivity index (χ3v) is 4.78. The molecule has 0 saturated heterocycles. The first-order valence-electron chi connectivity index (χ1n) is 9.37. The van der Waals surface area contributed by atoms with Crippen LogP contribution in [-0.2, 0) is 0 Å². The maximum absolute atomic E-state index is 13.2. The van der Waals surface area contributed by atoms with Crippen LogP contribution in [0, 0.1) is 4.77 Å². The summed E-state index contributed by atoms with van der Waals surface area (Å²) in [4.78, 5) is 19.6. The lowest BCUT2D eigenvalue weighted by molar-refractivity contribution is 0.403. The van der Waals surface area contributed by atoms with Crippen LogP contribution in [0.25, 0.3) is 11.4 Å². The van der Waals surface area contributed by atoms with Crippen LogP contribution in [-0.4, -0.2) is 52.5 Å². The summed E-state index contributed by atoms with van der Waals surface area (Å²) >= 11 is 5.59.